The van der Waals surface area contributed by atoms with E-state index >= 15 is 0 Å². The Kier molecular flexibility index (Phi) is 5.38. The summed E-state index contributed by atoms with van der Waals surface area (Å²) in [4.78, 5) is 35.6. The predicted molar refractivity (Wildman–Crippen MR) is 118 cm³/mol. The highest BCUT2D eigenvalue weighted by Gasteiger charge is 2.08. The third-order valence-corrected chi connectivity index (χ3v) is 4.55. The molecule has 0 saturated carbocycles. The molecule has 8 heteroatoms. The van der Waals surface area contributed by atoms with E-state index in [2.05, 4.69) is 37.8 Å². The van der Waals surface area contributed by atoms with Crippen LogP contribution in [0, 0.1) is 0 Å². The number of nitrogens with one attached hydrogen (secondary N) is 4. The summed E-state index contributed by atoms with van der Waals surface area (Å²) in [5.41, 5.74) is 3.54. The first kappa shape index (κ1) is 19.1. The number of nitrogens with zero attached hydrogens (tertiary/aromatic N) is 2. The van der Waals surface area contributed by atoms with Crippen molar-refractivity contribution in [1.29, 1.82) is 0 Å². The Morgan fingerprint density at radius 2 is 1.73 bits per heavy atom. The number of hydrogen-bond donors (Lipinski definition) is 4. The van der Waals surface area contributed by atoms with Crippen molar-refractivity contribution >= 4 is 39.9 Å². The highest BCUT2D eigenvalue weighted by molar-refractivity contribution is 6.00. The molecule has 2 amide bonds. The van der Waals surface area contributed by atoms with Crippen LogP contribution in [0.3, 0.4) is 0 Å². The number of fused-ring (bicyclic) bond motifs is 1. The Bertz CT molecular complexity index is 1250. The van der Waals surface area contributed by atoms with Crippen LogP contribution in [0.2, 0.25) is 0 Å². The van der Waals surface area contributed by atoms with Gasteiger partial charge in [-0.25, -0.2) is 14.8 Å². The van der Waals surface area contributed by atoms with Gasteiger partial charge in [-0.2, -0.15) is 0 Å². The minimum absolute atomic E-state index is 0.172. The van der Waals surface area contributed by atoms with E-state index in [0.29, 0.717) is 22.5 Å². The van der Waals surface area contributed by atoms with Crippen molar-refractivity contribution < 1.29 is 4.79 Å². The second-order valence-electron chi connectivity index (χ2n) is 6.62. The van der Waals surface area contributed by atoms with Crippen molar-refractivity contribution in [3.05, 3.63) is 82.9 Å². The first-order chi connectivity index (χ1) is 14.6. The molecule has 4 N–H and O–H groups in total. The maximum absolute atomic E-state index is 12.2. The lowest BCUT2D eigenvalue weighted by molar-refractivity contribution is 0.262. The molecule has 0 saturated heterocycles. The fourth-order valence-corrected chi connectivity index (χ4v) is 3.04. The van der Waals surface area contributed by atoms with Gasteiger partial charge in [0.15, 0.2) is 5.43 Å². The standard InChI is InChI=1S/C22H20N6O2/c1-2-14-4-3-5-17(12-14)28-22(30)27-16-8-6-15(7-9-16)26-21-19-18(29)10-11-23-20(19)24-13-25-21/h3-13H,2H2,1H3,(H2,27,28,30)(H2,23,24,25,26,29). The first-order valence-electron chi connectivity index (χ1n) is 9.49. The summed E-state index contributed by atoms with van der Waals surface area (Å²) in [7, 11) is 0. The number of carbonyl (C=O) groups excluding carboxylic acids is 1. The van der Waals surface area contributed by atoms with Crippen LogP contribution in [-0.4, -0.2) is 21.0 Å². The molecule has 4 rings (SSSR count). The van der Waals surface area contributed by atoms with Gasteiger partial charge in [-0.3, -0.25) is 4.79 Å². The molecule has 2 aromatic heterocycles. The molecule has 30 heavy (non-hydrogen) atoms. The summed E-state index contributed by atoms with van der Waals surface area (Å²) >= 11 is 0. The van der Waals surface area contributed by atoms with Crippen molar-refractivity contribution in [3.8, 4) is 0 Å². The van der Waals surface area contributed by atoms with Crippen LogP contribution in [0.25, 0.3) is 11.0 Å². The molecule has 0 atom stereocenters. The van der Waals surface area contributed by atoms with E-state index in [-0.39, 0.29) is 11.5 Å². The third kappa shape index (κ3) is 4.27. The summed E-state index contributed by atoms with van der Waals surface area (Å²) < 4.78 is 0. The van der Waals surface area contributed by atoms with Crippen molar-refractivity contribution in [3.63, 3.8) is 0 Å². The number of hydrogen-bond acceptors (Lipinski definition) is 5. The van der Waals surface area contributed by atoms with Crippen LogP contribution in [0.15, 0.2) is 71.9 Å². The highest BCUT2D eigenvalue weighted by Crippen LogP contribution is 2.21. The Labute approximate surface area is 172 Å². The lowest BCUT2D eigenvalue weighted by Crippen LogP contribution is -2.19. The molecule has 8 nitrogen and oxygen atoms in total. The fourth-order valence-electron chi connectivity index (χ4n) is 3.04. The van der Waals surface area contributed by atoms with Crippen molar-refractivity contribution in [2.45, 2.75) is 13.3 Å². The number of rotatable bonds is 5. The summed E-state index contributed by atoms with van der Waals surface area (Å²) in [5, 5.41) is 9.13. The van der Waals surface area contributed by atoms with Crippen molar-refractivity contribution in [2.24, 2.45) is 0 Å². The summed E-state index contributed by atoms with van der Waals surface area (Å²) in [5.74, 6) is 0.413. The average molecular weight is 400 g/mol. The lowest BCUT2D eigenvalue weighted by Gasteiger charge is -2.10. The minimum Gasteiger partial charge on any atom is -0.346 e. The van der Waals surface area contributed by atoms with E-state index in [1.165, 1.54) is 12.4 Å². The molecule has 150 valence electrons. The Hall–Kier alpha value is -4.20. The molecule has 0 aliphatic rings. The molecule has 0 bridgehead atoms. The van der Waals surface area contributed by atoms with Crippen molar-refractivity contribution in [1.82, 2.24) is 15.0 Å². The van der Waals surface area contributed by atoms with E-state index < -0.39 is 0 Å². The third-order valence-electron chi connectivity index (χ3n) is 4.55. The van der Waals surface area contributed by atoms with E-state index in [0.717, 1.165) is 23.4 Å². The maximum Gasteiger partial charge on any atom is 0.323 e. The summed E-state index contributed by atoms with van der Waals surface area (Å²) in [6.45, 7) is 2.06. The van der Waals surface area contributed by atoms with Gasteiger partial charge >= 0.3 is 6.03 Å². The van der Waals surface area contributed by atoms with Gasteiger partial charge in [0, 0.05) is 29.3 Å². The summed E-state index contributed by atoms with van der Waals surface area (Å²) in [6.07, 6.45) is 3.83. The average Bonchev–Trinajstić information content (AvgIpc) is 2.75. The molecular formula is C22H20N6O2. The molecular weight excluding hydrogens is 380 g/mol. The van der Waals surface area contributed by atoms with Crippen LogP contribution in [-0.2, 0) is 6.42 Å². The molecule has 0 spiro atoms. The van der Waals surface area contributed by atoms with Gasteiger partial charge in [0.05, 0.1) is 0 Å². The monoisotopic (exact) mass is 400 g/mol. The highest BCUT2D eigenvalue weighted by atomic mass is 16.2. The normalized spacial score (nSPS) is 10.6. The number of carbonyl (C=O) groups is 1. The molecule has 0 fully saturated rings. The topological polar surface area (TPSA) is 112 Å². The number of aromatic amines is 1. The number of aromatic nitrogens is 3. The number of aryl methyl sites for hydroxylation is 1. The van der Waals surface area contributed by atoms with Crippen LogP contribution in [0.1, 0.15) is 12.5 Å². The minimum atomic E-state index is -0.322. The van der Waals surface area contributed by atoms with Gasteiger partial charge in [0.1, 0.15) is 23.2 Å². The number of H-pyrrole nitrogens is 1. The van der Waals surface area contributed by atoms with Gasteiger partial charge in [-0.05, 0) is 48.4 Å². The molecule has 0 radical (unpaired) electrons. The van der Waals surface area contributed by atoms with Crippen LogP contribution < -0.4 is 21.4 Å². The van der Waals surface area contributed by atoms with Crippen LogP contribution >= 0.6 is 0 Å². The molecule has 2 aromatic carbocycles. The van der Waals surface area contributed by atoms with Crippen LogP contribution in [0.4, 0.5) is 27.7 Å². The Morgan fingerprint density at radius 3 is 2.53 bits per heavy atom. The second kappa shape index (κ2) is 8.44. The van der Waals surface area contributed by atoms with Gasteiger partial charge < -0.3 is 20.9 Å². The van der Waals surface area contributed by atoms with Gasteiger partial charge in [0.25, 0.3) is 0 Å². The zero-order chi connectivity index (χ0) is 20.9. The largest absolute Gasteiger partial charge is 0.346 e. The number of urea groups is 1. The smallest absolute Gasteiger partial charge is 0.323 e. The molecule has 4 aromatic rings. The van der Waals surface area contributed by atoms with E-state index in [4.69, 9.17) is 0 Å². The van der Waals surface area contributed by atoms with Crippen LogP contribution in [0.5, 0.6) is 0 Å². The van der Waals surface area contributed by atoms with Gasteiger partial charge in [0.2, 0.25) is 0 Å². The molecule has 0 aliphatic carbocycles. The van der Waals surface area contributed by atoms with E-state index in [1.807, 2.05) is 24.3 Å². The lowest BCUT2D eigenvalue weighted by atomic mass is 10.1. The SMILES string of the molecule is CCc1cccc(NC(=O)Nc2ccc(Nc3ncnc4[nH]ccc(=O)c34)cc2)c1. The number of anilines is 4. The second-order valence-corrected chi connectivity index (χ2v) is 6.62. The zero-order valence-electron chi connectivity index (χ0n) is 16.3. The van der Waals surface area contributed by atoms with Gasteiger partial charge in [-0.1, -0.05) is 19.1 Å². The maximum atomic E-state index is 12.2. The predicted octanol–water partition coefficient (Wildman–Crippen LogP) is 4.27. The number of amides is 2. The first-order valence-corrected chi connectivity index (χ1v) is 9.49. The zero-order valence-corrected chi connectivity index (χ0v) is 16.3. The Morgan fingerprint density at radius 1 is 0.967 bits per heavy atom. The molecule has 2 heterocycles. The molecule has 0 aliphatic heterocycles. The van der Waals surface area contributed by atoms with Crippen molar-refractivity contribution in [2.75, 3.05) is 16.0 Å². The quantitative estimate of drug-likeness (QED) is 0.400. The fraction of sp³-hybridized carbons (Fsp3) is 0.0909. The number of pyridine rings is 1. The van der Waals surface area contributed by atoms with E-state index in [9.17, 15) is 9.59 Å². The Balaban J connectivity index is 1.44. The van der Waals surface area contributed by atoms with Gasteiger partial charge in [-0.15, -0.1) is 0 Å². The molecule has 0 unspecified atom stereocenters. The summed E-state index contributed by atoms with van der Waals surface area (Å²) in [6, 6.07) is 15.9. The van der Waals surface area contributed by atoms with E-state index in [1.54, 1.807) is 30.5 Å². The number of benzene rings is 2.